The zero-order chi connectivity index (χ0) is 16.2. The number of pyridine rings is 1. The molecule has 4 heteroatoms. The van der Waals surface area contributed by atoms with Gasteiger partial charge in [-0.1, -0.05) is 30.3 Å². The summed E-state index contributed by atoms with van der Waals surface area (Å²) in [4.78, 5) is 6.88. The van der Waals surface area contributed by atoms with E-state index in [1.807, 2.05) is 12.1 Å². The summed E-state index contributed by atoms with van der Waals surface area (Å²) in [5.41, 5.74) is 4.73. The smallest absolute Gasteiger partial charge is 0.213 e. The van der Waals surface area contributed by atoms with E-state index >= 15 is 0 Å². The SMILES string of the molecule is COc1ccc2c(n1)c(Cc1ccccc1)cn2CCN(C)C. The van der Waals surface area contributed by atoms with E-state index in [0.29, 0.717) is 5.88 Å². The van der Waals surface area contributed by atoms with Crippen LogP contribution in [0.4, 0.5) is 0 Å². The third kappa shape index (κ3) is 3.54. The first-order valence-electron chi connectivity index (χ1n) is 7.89. The molecule has 0 radical (unpaired) electrons. The van der Waals surface area contributed by atoms with Crippen LogP contribution in [-0.4, -0.2) is 42.2 Å². The Morgan fingerprint density at radius 3 is 2.57 bits per heavy atom. The molecule has 0 saturated carbocycles. The van der Waals surface area contributed by atoms with E-state index in [1.165, 1.54) is 16.6 Å². The maximum Gasteiger partial charge on any atom is 0.213 e. The molecule has 0 unspecified atom stereocenters. The predicted molar refractivity (Wildman–Crippen MR) is 94.1 cm³/mol. The van der Waals surface area contributed by atoms with Crippen molar-refractivity contribution in [2.45, 2.75) is 13.0 Å². The molecular weight excluding hydrogens is 286 g/mol. The van der Waals surface area contributed by atoms with Gasteiger partial charge >= 0.3 is 0 Å². The van der Waals surface area contributed by atoms with Crippen LogP contribution in [0, 0.1) is 0 Å². The van der Waals surface area contributed by atoms with Crippen LogP contribution in [0.25, 0.3) is 11.0 Å². The Balaban J connectivity index is 2.00. The third-order valence-corrected chi connectivity index (χ3v) is 4.01. The lowest BCUT2D eigenvalue weighted by Crippen LogP contribution is -2.17. The van der Waals surface area contributed by atoms with Crippen molar-refractivity contribution in [2.75, 3.05) is 27.7 Å². The lowest BCUT2D eigenvalue weighted by atomic mass is 10.1. The number of aromatic nitrogens is 2. The van der Waals surface area contributed by atoms with Crippen LogP contribution in [0.2, 0.25) is 0 Å². The summed E-state index contributed by atoms with van der Waals surface area (Å²) in [5, 5.41) is 0. The first-order chi connectivity index (χ1) is 11.2. The fourth-order valence-corrected chi connectivity index (χ4v) is 2.77. The minimum Gasteiger partial charge on any atom is -0.481 e. The van der Waals surface area contributed by atoms with E-state index in [0.717, 1.165) is 25.0 Å². The second kappa shape index (κ2) is 6.84. The average molecular weight is 309 g/mol. The van der Waals surface area contributed by atoms with Crippen molar-refractivity contribution in [2.24, 2.45) is 0 Å². The van der Waals surface area contributed by atoms with Crippen LogP contribution in [0.5, 0.6) is 5.88 Å². The van der Waals surface area contributed by atoms with Gasteiger partial charge in [0.15, 0.2) is 0 Å². The molecular formula is C19H23N3O. The normalized spacial score (nSPS) is 11.3. The van der Waals surface area contributed by atoms with Gasteiger partial charge in [0.1, 0.15) is 0 Å². The molecule has 0 spiro atoms. The molecule has 120 valence electrons. The molecule has 0 N–H and O–H groups in total. The molecule has 0 fully saturated rings. The van der Waals surface area contributed by atoms with E-state index in [1.54, 1.807) is 7.11 Å². The topological polar surface area (TPSA) is 30.3 Å². The number of rotatable bonds is 6. The molecule has 4 nitrogen and oxygen atoms in total. The molecule has 0 saturated heterocycles. The van der Waals surface area contributed by atoms with Gasteiger partial charge in [0.25, 0.3) is 0 Å². The number of fused-ring (bicyclic) bond motifs is 1. The molecule has 23 heavy (non-hydrogen) atoms. The van der Waals surface area contributed by atoms with Gasteiger partial charge in [-0.25, -0.2) is 4.98 Å². The predicted octanol–water partition coefficient (Wildman–Crippen LogP) is 3.20. The summed E-state index contributed by atoms with van der Waals surface area (Å²) in [6.07, 6.45) is 3.11. The minimum atomic E-state index is 0.664. The lowest BCUT2D eigenvalue weighted by Gasteiger charge is -2.11. The van der Waals surface area contributed by atoms with Crippen LogP contribution >= 0.6 is 0 Å². The van der Waals surface area contributed by atoms with Gasteiger partial charge in [0.05, 0.1) is 18.1 Å². The van der Waals surface area contributed by atoms with Gasteiger partial charge in [0, 0.05) is 37.3 Å². The standard InChI is InChI=1S/C19H23N3O/c1-21(2)11-12-22-14-16(13-15-7-5-4-6-8-15)19-17(22)9-10-18(20-19)23-3/h4-10,14H,11-13H2,1-3H3. The van der Waals surface area contributed by atoms with Crippen molar-refractivity contribution in [3.63, 3.8) is 0 Å². The zero-order valence-corrected chi connectivity index (χ0v) is 14.0. The molecule has 2 heterocycles. The zero-order valence-electron chi connectivity index (χ0n) is 14.0. The minimum absolute atomic E-state index is 0.664. The molecule has 0 amide bonds. The number of methoxy groups -OCH3 is 1. The first kappa shape index (κ1) is 15.6. The number of likely N-dealkylation sites (N-methyl/N-ethyl adjacent to an activating group) is 1. The average Bonchev–Trinajstić information content (AvgIpc) is 2.91. The molecule has 1 aromatic carbocycles. The summed E-state index contributed by atoms with van der Waals surface area (Å²) < 4.78 is 7.60. The number of benzene rings is 1. The first-order valence-corrected chi connectivity index (χ1v) is 7.89. The highest BCUT2D eigenvalue weighted by Crippen LogP contribution is 2.24. The van der Waals surface area contributed by atoms with Gasteiger partial charge in [-0.05, 0) is 25.7 Å². The summed E-state index contributed by atoms with van der Waals surface area (Å²) in [7, 11) is 5.85. The van der Waals surface area contributed by atoms with Crippen molar-refractivity contribution >= 4 is 11.0 Å². The van der Waals surface area contributed by atoms with E-state index in [9.17, 15) is 0 Å². The highest BCUT2D eigenvalue weighted by Gasteiger charge is 2.12. The molecule has 0 aliphatic rings. The highest BCUT2D eigenvalue weighted by atomic mass is 16.5. The molecule has 2 aromatic heterocycles. The Hall–Kier alpha value is -2.33. The number of hydrogen-bond donors (Lipinski definition) is 0. The second-order valence-electron chi connectivity index (χ2n) is 6.03. The van der Waals surface area contributed by atoms with E-state index in [2.05, 4.69) is 65.1 Å². The quantitative estimate of drug-likeness (QED) is 0.700. The third-order valence-electron chi connectivity index (χ3n) is 4.01. The summed E-state index contributed by atoms with van der Waals surface area (Å²) in [6.45, 7) is 1.95. The largest absolute Gasteiger partial charge is 0.481 e. The van der Waals surface area contributed by atoms with Crippen molar-refractivity contribution in [1.82, 2.24) is 14.5 Å². The Bertz CT molecular complexity index is 778. The molecule has 0 bridgehead atoms. The molecule has 3 aromatic rings. The van der Waals surface area contributed by atoms with Crippen molar-refractivity contribution < 1.29 is 4.74 Å². The maximum atomic E-state index is 5.31. The molecule has 0 atom stereocenters. The molecule has 3 rings (SSSR count). The lowest BCUT2D eigenvalue weighted by molar-refractivity contribution is 0.386. The monoisotopic (exact) mass is 309 g/mol. The number of nitrogens with zero attached hydrogens (tertiary/aromatic N) is 3. The van der Waals surface area contributed by atoms with E-state index in [4.69, 9.17) is 4.74 Å². The van der Waals surface area contributed by atoms with Gasteiger partial charge in [-0.15, -0.1) is 0 Å². The van der Waals surface area contributed by atoms with Crippen LogP contribution in [-0.2, 0) is 13.0 Å². The fourth-order valence-electron chi connectivity index (χ4n) is 2.77. The Morgan fingerprint density at radius 1 is 1.09 bits per heavy atom. The van der Waals surface area contributed by atoms with Crippen molar-refractivity contribution in [3.05, 3.63) is 59.8 Å². The summed E-state index contributed by atoms with van der Waals surface area (Å²) >= 11 is 0. The fraction of sp³-hybridized carbons (Fsp3) is 0.316. The maximum absolute atomic E-state index is 5.31. The van der Waals surface area contributed by atoms with Crippen LogP contribution in [0.1, 0.15) is 11.1 Å². The summed E-state index contributed by atoms with van der Waals surface area (Å²) in [6, 6.07) is 14.5. The molecule has 0 aliphatic heterocycles. The number of hydrogen-bond acceptors (Lipinski definition) is 3. The second-order valence-corrected chi connectivity index (χ2v) is 6.03. The Labute approximate surface area is 137 Å². The van der Waals surface area contributed by atoms with Crippen molar-refractivity contribution in [3.8, 4) is 5.88 Å². The Morgan fingerprint density at radius 2 is 1.87 bits per heavy atom. The van der Waals surface area contributed by atoms with Gasteiger partial charge in [-0.2, -0.15) is 0 Å². The van der Waals surface area contributed by atoms with Gasteiger partial charge in [0.2, 0.25) is 5.88 Å². The van der Waals surface area contributed by atoms with E-state index in [-0.39, 0.29) is 0 Å². The molecule has 0 aliphatic carbocycles. The highest BCUT2D eigenvalue weighted by molar-refractivity contribution is 5.80. The van der Waals surface area contributed by atoms with Crippen LogP contribution in [0.15, 0.2) is 48.7 Å². The van der Waals surface area contributed by atoms with Crippen molar-refractivity contribution in [1.29, 1.82) is 0 Å². The number of ether oxygens (including phenoxy) is 1. The Kier molecular flexibility index (Phi) is 4.63. The van der Waals surface area contributed by atoms with Crippen LogP contribution in [0.3, 0.4) is 0 Å². The van der Waals surface area contributed by atoms with Crippen LogP contribution < -0.4 is 4.74 Å². The van der Waals surface area contributed by atoms with Gasteiger partial charge < -0.3 is 14.2 Å². The van der Waals surface area contributed by atoms with E-state index < -0.39 is 0 Å². The van der Waals surface area contributed by atoms with Gasteiger partial charge in [-0.3, -0.25) is 0 Å². The summed E-state index contributed by atoms with van der Waals surface area (Å²) in [5.74, 6) is 0.664.